The van der Waals surface area contributed by atoms with Crippen LogP contribution < -0.4 is 5.32 Å². The molecular formula is C13H15F2NO3. The second-order valence-electron chi connectivity index (χ2n) is 4.29. The summed E-state index contributed by atoms with van der Waals surface area (Å²) in [5.74, 6) is -3.38. The Kier molecular flexibility index (Phi) is 5.41. The van der Waals surface area contributed by atoms with Crippen LogP contribution in [-0.2, 0) is 16.0 Å². The number of nitrogens with one attached hydrogen (secondary N) is 1. The van der Waals surface area contributed by atoms with Gasteiger partial charge in [-0.05, 0) is 18.1 Å². The van der Waals surface area contributed by atoms with E-state index in [2.05, 4.69) is 5.32 Å². The normalized spacial score (nSPS) is 11.9. The first-order valence-electron chi connectivity index (χ1n) is 5.83. The number of rotatable bonds is 6. The van der Waals surface area contributed by atoms with E-state index in [1.54, 1.807) is 0 Å². The first kappa shape index (κ1) is 15.1. The fourth-order valence-corrected chi connectivity index (χ4v) is 1.45. The standard InChI is InChI=1S/C13H15F2NO3/c1-8(13(18)19)4-5-16-12(17)6-9-2-3-10(14)7-11(9)15/h2-3,7-8H,4-6H2,1H3,(H,16,17)(H,18,19). The topological polar surface area (TPSA) is 66.4 Å². The van der Waals surface area contributed by atoms with Gasteiger partial charge >= 0.3 is 5.97 Å². The monoisotopic (exact) mass is 271 g/mol. The molecule has 1 atom stereocenters. The van der Waals surface area contributed by atoms with E-state index in [1.165, 1.54) is 13.0 Å². The Hall–Kier alpha value is -1.98. The lowest BCUT2D eigenvalue weighted by Gasteiger charge is -2.08. The van der Waals surface area contributed by atoms with Crippen LogP contribution in [0, 0.1) is 17.6 Å². The van der Waals surface area contributed by atoms with Gasteiger partial charge in [-0.15, -0.1) is 0 Å². The molecule has 104 valence electrons. The van der Waals surface area contributed by atoms with Crippen molar-refractivity contribution in [1.29, 1.82) is 0 Å². The minimum absolute atomic E-state index is 0.102. The number of halogens is 2. The molecule has 0 aliphatic rings. The number of carboxylic acids is 1. The smallest absolute Gasteiger partial charge is 0.306 e. The van der Waals surface area contributed by atoms with Gasteiger partial charge in [0, 0.05) is 12.6 Å². The second-order valence-corrected chi connectivity index (χ2v) is 4.29. The molecule has 1 rings (SSSR count). The van der Waals surface area contributed by atoms with Crippen LogP contribution in [0.1, 0.15) is 18.9 Å². The van der Waals surface area contributed by atoms with E-state index >= 15 is 0 Å². The summed E-state index contributed by atoms with van der Waals surface area (Å²) in [5, 5.41) is 11.1. The van der Waals surface area contributed by atoms with Gasteiger partial charge in [0.15, 0.2) is 0 Å². The average Bonchev–Trinajstić information content (AvgIpc) is 2.32. The number of carbonyl (C=O) groups excluding carboxylic acids is 1. The van der Waals surface area contributed by atoms with Crippen LogP contribution >= 0.6 is 0 Å². The second kappa shape index (κ2) is 6.82. The summed E-state index contributed by atoms with van der Waals surface area (Å²) in [5.41, 5.74) is 0.102. The van der Waals surface area contributed by atoms with E-state index in [0.29, 0.717) is 6.42 Å². The molecule has 0 heterocycles. The number of hydrogen-bond acceptors (Lipinski definition) is 2. The highest BCUT2D eigenvalue weighted by atomic mass is 19.1. The molecule has 0 aromatic heterocycles. The van der Waals surface area contributed by atoms with Crippen LogP contribution in [0.4, 0.5) is 8.78 Å². The van der Waals surface area contributed by atoms with E-state index in [9.17, 15) is 18.4 Å². The molecular weight excluding hydrogens is 256 g/mol. The molecule has 0 fully saturated rings. The van der Waals surface area contributed by atoms with Crippen molar-refractivity contribution in [2.24, 2.45) is 5.92 Å². The average molecular weight is 271 g/mol. The zero-order valence-electron chi connectivity index (χ0n) is 10.5. The first-order valence-corrected chi connectivity index (χ1v) is 5.83. The first-order chi connectivity index (χ1) is 8.90. The lowest BCUT2D eigenvalue weighted by atomic mass is 10.1. The number of benzene rings is 1. The number of amides is 1. The Bertz CT molecular complexity index is 477. The van der Waals surface area contributed by atoms with Crippen molar-refractivity contribution in [2.75, 3.05) is 6.54 Å². The number of aliphatic carboxylic acids is 1. The molecule has 6 heteroatoms. The molecule has 0 aliphatic heterocycles. The highest BCUT2D eigenvalue weighted by Gasteiger charge is 2.12. The molecule has 1 aromatic rings. The zero-order valence-corrected chi connectivity index (χ0v) is 10.5. The van der Waals surface area contributed by atoms with Gasteiger partial charge in [-0.2, -0.15) is 0 Å². The molecule has 0 aliphatic carbocycles. The maximum atomic E-state index is 13.3. The number of hydrogen-bond donors (Lipinski definition) is 2. The van der Waals surface area contributed by atoms with Gasteiger partial charge in [0.2, 0.25) is 5.91 Å². The predicted octanol–water partition coefficient (Wildman–Crippen LogP) is 1.73. The van der Waals surface area contributed by atoms with Gasteiger partial charge in [-0.1, -0.05) is 13.0 Å². The van der Waals surface area contributed by atoms with Crippen molar-refractivity contribution in [3.05, 3.63) is 35.4 Å². The molecule has 0 saturated heterocycles. The largest absolute Gasteiger partial charge is 0.481 e. The maximum Gasteiger partial charge on any atom is 0.306 e. The Balaban J connectivity index is 2.41. The van der Waals surface area contributed by atoms with Crippen LogP contribution in [0.5, 0.6) is 0 Å². The molecule has 19 heavy (non-hydrogen) atoms. The summed E-state index contributed by atoms with van der Waals surface area (Å²) in [4.78, 5) is 22.0. The van der Waals surface area contributed by atoms with Crippen molar-refractivity contribution >= 4 is 11.9 Å². The summed E-state index contributed by atoms with van der Waals surface area (Å²) in [7, 11) is 0. The SMILES string of the molecule is CC(CCNC(=O)Cc1ccc(F)cc1F)C(=O)O. The molecule has 0 saturated carbocycles. The highest BCUT2D eigenvalue weighted by Crippen LogP contribution is 2.10. The summed E-state index contributed by atoms with van der Waals surface area (Å²) in [6, 6.07) is 3.01. The molecule has 0 radical (unpaired) electrons. The van der Waals surface area contributed by atoms with Crippen LogP contribution in [0.15, 0.2) is 18.2 Å². The van der Waals surface area contributed by atoms with Crippen molar-refractivity contribution in [2.45, 2.75) is 19.8 Å². The Morgan fingerprint density at radius 3 is 2.63 bits per heavy atom. The van der Waals surface area contributed by atoms with Gasteiger partial charge < -0.3 is 10.4 Å². The zero-order chi connectivity index (χ0) is 14.4. The fraction of sp³-hybridized carbons (Fsp3) is 0.385. The summed E-state index contributed by atoms with van der Waals surface area (Å²) < 4.78 is 25.9. The minimum Gasteiger partial charge on any atom is -0.481 e. The lowest BCUT2D eigenvalue weighted by molar-refractivity contribution is -0.141. The van der Waals surface area contributed by atoms with Crippen molar-refractivity contribution in [1.82, 2.24) is 5.32 Å². The van der Waals surface area contributed by atoms with Crippen LogP contribution in [-0.4, -0.2) is 23.5 Å². The molecule has 0 spiro atoms. The van der Waals surface area contributed by atoms with Crippen molar-refractivity contribution < 1.29 is 23.5 Å². The van der Waals surface area contributed by atoms with E-state index in [4.69, 9.17) is 5.11 Å². The lowest BCUT2D eigenvalue weighted by Crippen LogP contribution is -2.28. The summed E-state index contributed by atoms with van der Waals surface area (Å²) >= 11 is 0. The molecule has 1 amide bonds. The van der Waals surface area contributed by atoms with Crippen molar-refractivity contribution in [3.8, 4) is 0 Å². The van der Waals surface area contributed by atoms with Gasteiger partial charge in [0.25, 0.3) is 0 Å². The van der Waals surface area contributed by atoms with E-state index in [0.717, 1.165) is 12.1 Å². The Morgan fingerprint density at radius 1 is 1.37 bits per heavy atom. The Labute approximate surface area is 109 Å². The molecule has 2 N–H and O–H groups in total. The maximum absolute atomic E-state index is 13.3. The summed E-state index contributed by atoms with van der Waals surface area (Å²) in [6.45, 7) is 1.74. The van der Waals surface area contributed by atoms with Gasteiger partial charge in [-0.3, -0.25) is 9.59 Å². The molecule has 0 bridgehead atoms. The Morgan fingerprint density at radius 2 is 2.05 bits per heavy atom. The van der Waals surface area contributed by atoms with Gasteiger partial charge in [0.1, 0.15) is 11.6 Å². The van der Waals surface area contributed by atoms with Crippen LogP contribution in [0.25, 0.3) is 0 Å². The third kappa shape index (κ3) is 5.03. The van der Waals surface area contributed by atoms with Gasteiger partial charge in [-0.25, -0.2) is 8.78 Å². The van der Waals surface area contributed by atoms with E-state index in [-0.39, 0.29) is 18.5 Å². The van der Waals surface area contributed by atoms with Crippen molar-refractivity contribution in [3.63, 3.8) is 0 Å². The highest BCUT2D eigenvalue weighted by molar-refractivity contribution is 5.78. The molecule has 4 nitrogen and oxygen atoms in total. The van der Waals surface area contributed by atoms with Gasteiger partial charge in [0.05, 0.1) is 12.3 Å². The minimum atomic E-state index is -0.932. The summed E-state index contributed by atoms with van der Waals surface area (Å²) in [6.07, 6.45) is 0.0978. The number of carbonyl (C=O) groups is 2. The van der Waals surface area contributed by atoms with E-state index in [1.807, 2.05) is 0 Å². The predicted molar refractivity (Wildman–Crippen MR) is 64.5 cm³/mol. The third-order valence-electron chi connectivity index (χ3n) is 2.69. The number of carboxylic acid groups (broad SMARTS) is 1. The fourth-order valence-electron chi connectivity index (χ4n) is 1.45. The third-order valence-corrected chi connectivity index (χ3v) is 2.69. The van der Waals surface area contributed by atoms with Crippen LogP contribution in [0.2, 0.25) is 0 Å². The molecule has 1 aromatic carbocycles. The van der Waals surface area contributed by atoms with E-state index < -0.39 is 29.4 Å². The van der Waals surface area contributed by atoms with Crippen LogP contribution in [0.3, 0.4) is 0 Å². The molecule has 1 unspecified atom stereocenters. The quantitative estimate of drug-likeness (QED) is 0.828.